The number of hydrogen-bond acceptors (Lipinski definition) is 5. The summed E-state index contributed by atoms with van der Waals surface area (Å²) in [7, 11) is 0. The van der Waals surface area contributed by atoms with Crippen LogP contribution in [-0.2, 0) is 9.59 Å². The second-order valence-corrected chi connectivity index (χ2v) is 11.9. The molecule has 5 N–H and O–H groups in total. The maximum absolute atomic E-state index is 13.5. The topological polar surface area (TPSA) is 119 Å². The Bertz CT molecular complexity index is 823. The summed E-state index contributed by atoms with van der Waals surface area (Å²) < 4.78 is 0. The molecule has 1 aromatic carbocycles. The Balaban J connectivity index is 1.61. The number of rotatable bonds is 15. The van der Waals surface area contributed by atoms with Crippen molar-refractivity contribution in [2.24, 2.45) is 23.7 Å². The molecule has 2 aliphatic rings. The minimum Gasteiger partial charge on any atom is -0.390 e. The lowest BCUT2D eigenvalue weighted by Gasteiger charge is -2.33. The summed E-state index contributed by atoms with van der Waals surface area (Å²) in [5, 5.41) is 37.9. The number of benzene rings is 1. The second-order valence-electron chi connectivity index (χ2n) is 11.9. The second kappa shape index (κ2) is 14.8. The van der Waals surface area contributed by atoms with Crippen molar-refractivity contribution in [2.75, 3.05) is 6.54 Å². The van der Waals surface area contributed by atoms with Crippen LogP contribution in [0.25, 0.3) is 0 Å². The van der Waals surface area contributed by atoms with Gasteiger partial charge in [-0.15, -0.1) is 0 Å². The van der Waals surface area contributed by atoms with Gasteiger partial charge in [-0.3, -0.25) is 9.59 Å². The van der Waals surface area contributed by atoms with Crippen LogP contribution in [0.3, 0.4) is 0 Å². The van der Waals surface area contributed by atoms with E-state index in [4.69, 9.17) is 0 Å². The number of carbonyl (C=O) groups is 2. The molecular formula is C30H48N2O5. The van der Waals surface area contributed by atoms with Crippen LogP contribution in [0.4, 0.5) is 0 Å². The highest BCUT2D eigenvalue weighted by Crippen LogP contribution is 2.36. The van der Waals surface area contributed by atoms with Crippen molar-refractivity contribution in [1.29, 1.82) is 0 Å². The van der Waals surface area contributed by atoms with E-state index in [1.807, 2.05) is 44.2 Å². The van der Waals surface area contributed by atoms with Gasteiger partial charge in [-0.05, 0) is 42.6 Å². The van der Waals surface area contributed by atoms with Crippen LogP contribution in [-0.4, -0.2) is 51.9 Å². The number of aliphatic hydroxyl groups is 3. The Morgan fingerprint density at radius 1 is 0.919 bits per heavy atom. The van der Waals surface area contributed by atoms with E-state index >= 15 is 0 Å². The van der Waals surface area contributed by atoms with E-state index in [-0.39, 0.29) is 30.7 Å². The Morgan fingerprint density at radius 3 is 2.19 bits per heavy atom. The van der Waals surface area contributed by atoms with Crippen molar-refractivity contribution in [3.05, 3.63) is 35.9 Å². The van der Waals surface area contributed by atoms with Crippen LogP contribution in [0.5, 0.6) is 0 Å². The Morgan fingerprint density at radius 2 is 1.57 bits per heavy atom. The molecule has 3 rings (SSSR count). The van der Waals surface area contributed by atoms with Gasteiger partial charge in [0.25, 0.3) is 0 Å². The van der Waals surface area contributed by atoms with Crippen molar-refractivity contribution in [1.82, 2.24) is 10.6 Å². The van der Waals surface area contributed by atoms with Crippen molar-refractivity contribution in [3.63, 3.8) is 0 Å². The summed E-state index contributed by atoms with van der Waals surface area (Å²) in [5.41, 5.74) is 0.731. The molecule has 0 saturated heterocycles. The normalized spacial score (nSPS) is 20.6. The minimum absolute atomic E-state index is 0.0463. The molecule has 0 radical (unpaired) electrons. The van der Waals surface area contributed by atoms with Crippen LogP contribution in [0.15, 0.2) is 30.3 Å². The average molecular weight is 517 g/mol. The van der Waals surface area contributed by atoms with E-state index in [1.165, 1.54) is 6.42 Å². The van der Waals surface area contributed by atoms with Gasteiger partial charge in [-0.2, -0.15) is 0 Å². The van der Waals surface area contributed by atoms with E-state index in [0.29, 0.717) is 31.1 Å². The molecule has 37 heavy (non-hydrogen) atoms. The van der Waals surface area contributed by atoms with E-state index in [1.54, 1.807) is 0 Å². The van der Waals surface area contributed by atoms with Gasteiger partial charge in [-0.1, -0.05) is 89.1 Å². The molecule has 5 atom stereocenters. The molecule has 0 bridgehead atoms. The first-order chi connectivity index (χ1) is 17.7. The number of hydrogen-bond donors (Lipinski definition) is 5. The van der Waals surface area contributed by atoms with Gasteiger partial charge in [0, 0.05) is 18.9 Å². The Labute approximate surface area is 222 Å². The van der Waals surface area contributed by atoms with Crippen LogP contribution >= 0.6 is 0 Å². The van der Waals surface area contributed by atoms with E-state index in [9.17, 15) is 24.9 Å². The van der Waals surface area contributed by atoms with Gasteiger partial charge < -0.3 is 26.0 Å². The molecule has 2 amide bonds. The molecule has 208 valence electrons. The third-order valence-corrected chi connectivity index (χ3v) is 7.95. The minimum atomic E-state index is -1.04. The molecule has 7 nitrogen and oxygen atoms in total. The molecule has 0 aliphatic heterocycles. The smallest absolute Gasteiger partial charge is 0.223 e. The fourth-order valence-electron chi connectivity index (χ4n) is 5.60. The van der Waals surface area contributed by atoms with Crippen molar-refractivity contribution in [2.45, 2.75) is 109 Å². The first kappa shape index (κ1) is 29.6. The van der Waals surface area contributed by atoms with Crippen LogP contribution in [0.1, 0.15) is 96.1 Å². The summed E-state index contributed by atoms with van der Waals surface area (Å²) in [5.74, 6) is 0.122. The van der Waals surface area contributed by atoms with E-state index < -0.39 is 30.3 Å². The molecular weight excluding hydrogens is 468 g/mol. The first-order valence-electron chi connectivity index (χ1n) is 14.4. The standard InChI is InChI=1S/C30H48N2O5/c1-20(2)15-26(33)29(36)25(17-21-9-5-3-6-10-21)32-30(37)24(16-22-13-14-22)18-28(35)31-19-27(34)23-11-7-4-8-12-23/h4,7-8,11-12,20-22,24-27,29,33-34,36H,3,5-6,9-10,13-19H2,1-2H3,(H,31,35)(H,32,37)/t24-,25+,26+,27+,29-/m1/s1. The fourth-order valence-corrected chi connectivity index (χ4v) is 5.60. The quantitative estimate of drug-likeness (QED) is 0.243. The van der Waals surface area contributed by atoms with E-state index in [2.05, 4.69) is 10.6 Å². The number of aliphatic hydroxyl groups excluding tert-OH is 3. The van der Waals surface area contributed by atoms with Gasteiger partial charge in [0.15, 0.2) is 0 Å². The summed E-state index contributed by atoms with van der Waals surface area (Å²) in [6.07, 6.45) is 6.90. The molecule has 0 spiro atoms. The number of amides is 2. The molecule has 0 heterocycles. The summed E-state index contributed by atoms with van der Waals surface area (Å²) in [4.78, 5) is 26.2. The zero-order valence-corrected chi connectivity index (χ0v) is 22.6. The monoisotopic (exact) mass is 516 g/mol. The predicted octanol–water partition coefficient (Wildman–Crippen LogP) is 3.87. The van der Waals surface area contributed by atoms with Crippen molar-refractivity contribution in [3.8, 4) is 0 Å². The molecule has 2 fully saturated rings. The maximum Gasteiger partial charge on any atom is 0.223 e. The van der Waals surface area contributed by atoms with Gasteiger partial charge >= 0.3 is 0 Å². The molecule has 0 aromatic heterocycles. The number of nitrogens with one attached hydrogen (secondary N) is 2. The third-order valence-electron chi connectivity index (χ3n) is 7.95. The highest BCUT2D eigenvalue weighted by atomic mass is 16.3. The van der Waals surface area contributed by atoms with Crippen molar-refractivity contribution < 1.29 is 24.9 Å². The van der Waals surface area contributed by atoms with Crippen LogP contribution < -0.4 is 10.6 Å². The predicted molar refractivity (Wildman–Crippen MR) is 144 cm³/mol. The lowest BCUT2D eigenvalue weighted by Crippen LogP contribution is -2.51. The molecule has 1 aromatic rings. The summed E-state index contributed by atoms with van der Waals surface area (Å²) in [6, 6.07) is 8.64. The van der Waals surface area contributed by atoms with Gasteiger partial charge in [0.1, 0.15) is 6.10 Å². The van der Waals surface area contributed by atoms with E-state index in [0.717, 1.165) is 44.1 Å². The Hall–Kier alpha value is -1.96. The first-order valence-corrected chi connectivity index (χ1v) is 14.4. The average Bonchev–Trinajstić information content (AvgIpc) is 3.71. The summed E-state index contributed by atoms with van der Waals surface area (Å²) in [6.45, 7) is 4.10. The van der Waals surface area contributed by atoms with Gasteiger partial charge in [0.05, 0.1) is 18.2 Å². The van der Waals surface area contributed by atoms with Gasteiger partial charge in [-0.25, -0.2) is 0 Å². The highest BCUT2D eigenvalue weighted by Gasteiger charge is 2.35. The fraction of sp³-hybridized carbons (Fsp3) is 0.733. The van der Waals surface area contributed by atoms with Crippen LogP contribution in [0.2, 0.25) is 0 Å². The van der Waals surface area contributed by atoms with Crippen LogP contribution in [0, 0.1) is 23.7 Å². The molecule has 2 saturated carbocycles. The largest absolute Gasteiger partial charge is 0.390 e. The zero-order chi connectivity index (χ0) is 26.8. The zero-order valence-electron chi connectivity index (χ0n) is 22.6. The number of carbonyl (C=O) groups excluding carboxylic acids is 2. The van der Waals surface area contributed by atoms with Crippen molar-refractivity contribution >= 4 is 11.8 Å². The molecule has 0 unspecified atom stereocenters. The molecule has 2 aliphatic carbocycles. The lowest BCUT2D eigenvalue weighted by molar-refractivity contribution is -0.132. The Kier molecular flexibility index (Phi) is 11.9. The third kappa shape index (κ3) is 10.4. The summed E-state index contributed by atoms with van der Waals surface area (Å²) >= 11 is 0. The highest BCUT2D eigenvalue weighted by molar-refractivity contribution is 5.86. The SMILES string of the molecule is CC(C)C[C@H](O)[C@H](O)[C@H](CC1CCCCC1)NC(=O)[C@@H](CC(=O)NC[C@H](O)c1ccccc1)CC1CC1. The molecule has 7 heteroatoms. The lowest BCUT2D eigenvalue weighted by atomic mass is 9.82. The van der Waals surface area contributed by atoms with Gasteiger partial charge in [0.2, 0.25) is 11.8 Å². The maximum atomic E-state index is 13.5.